The zero-order valence-electron chi connectivity index (χ0n) is 15.2. The van der Waals surface area contributed by atoms with Crippen LogP contribution in [0.3, 0.4) is 0 Å². The third-order valence-electron chi connectivity index (χ3n) is 5.14. The van der Waals surface area contributed by atoms with Crippen LogP contribution in [0, 0.1) is 13.8 Å². The summed E-state index contributed by atoms with van der Waals surface area (Å²) in [4.78, 5) is 2.35. The second kappa shape index (κ2) is 7.67. The van der Waals surface area contributed by atoms with Gasteiger partial charge in [0.25, 0.3) is 0 Å². The van der Waals surface area contributed by atoms with Gasteiger partial charge in [-0.05, 0) is 66.6 Å². The fraction of sp³-hybridized carbons (Fsp3) is 0.364. The lowest BCUT2D eigenvalue weighted by atomic mass is 9.97. The minimum absolute atomic E-state index is 0.576. The normalized spacial score (nSPS) is 15.8. The van der Waals surface area contributed by atoms with Crippen LogP contribution in [0.5, 0.6) is 0 Å². The van der Waals surface area contributed by atoms with Gasteiger partial charge in [0, 0.05) is 19.6 Å². The number of alkyl halides is 3. The lowest BCUT2D eigenvalue weighted by Crippen LogP contribution is -2.30. The number of hydrogen-bond donors (Lipinski definition) is 0. The smallest absolute Gasteiger partial charge is 0.299 e. The van der Waals surface area contributed by atoms with Crippen LogP contribution in [0.2, 0.25) is 0 Å². The van der Waals surface area contributed by atoms with Gasteiger partial charge in [0.1, 0.15) is 0 Å². The Morgan fingerprint density at radius 1 is 1.00 bits per heavy atom. The Labute approximate surface area is 153 Å². The van der Waals surface area contributed by atoms with Gasteiger partial charge in [-0.1, -0.05) is 36.4 Å². The molecule has 1 aliphatic rings. The number of aryl methyl sites for hydroxylation is 2. The summed E-state index contributed by atoms with van der Waals surface area (Å²) in [6.45, 7) is 6.88. The zero-order valence-corrected chi connectivity index (χ0v) is 15.2. The van der Waals surface area contributed by atoms with Gasteiger partial charge in [-0.15, -0.1) is 0 Å². The molecule has 1 aliphatic heterocycles. The van der Waals surface area contributed by atoms with E-state index in [2.05, 4.69) is 43.0 Å². The molecule has 1 heterocycles. The molecule has 0 amide bonds. The van der Waals surface area contributed by atoms with Gasteiger partial charge in [-0.3, -0.25) is 4.90 Å². The molecule has 0 aromatic heterocycles. The van der Waals surface area contributed by atoms with E-state index >= 15 is 0 Å². The van der Waals surface area contributed by atoms with E-state index < -0.39 is 11.7 Å². The summed E-state index contributed by atoms with van der Waals surface area (Å²) in [5.74, 6) is 0. The maximum Gasteiger partial charge on any atom is 0.416 e. The van der Waals surface area contributed by atoms with Gasteiger partial charge in [0.15, 0.2) is 0 Å². The molecular formula is C22H24F3N. The molecule has 1 nitrogen and oxygen atoms in total. The average Bonchev–Trinajstić information content (AvgIpc) is 2.62. The lowest BCUT2D eigenvalue weighted by Gasteiger charge is -2.26. The lowest BCUT2D eigenvalue weighted by molar-refractivity contribution is -0.137. The third-order valence-corrected chi connectivity index (χ3v) is 5.14. The fourth-order valence-electron chi connectivity index (χ4n) is 3.32. The maximum atomic E-state index is 12.9. The highest BCUT2D eigenvalue weighted by atomic mass is 19.4. The standard InChI is InChI=1S/C22H24F3N/c1-16-6-7-18(14-17(16)2)8-11-26-12-9-19(10-13-26)20-4-3-5-21(15-20)22(23,24)25/h3-7,9,14-15H,8,10-13H2,1-2H3. The van der Waals surface area contributed by atoms with E-state index in [1.165, 1.54) is 28.8 Å². The van der Waals surface area contributed by atoms with Crippen LogP contribution < -0.4 is 0 Å². The first-order valence-electron chi connectivity index (χ1n) is 8.98. The van der Waals surface area contributed by atoms with Crippen LogP contribution in [-0.4, -0.2) is 24.5 Å². The number of rotatable bonds is 4. The van der Waals surface area contributed by atoms with Crippen LogP contribution in [-0.2, 0) is 12.6 Å². The topological polar surface area (TPSA) is 3.24 Å². The number of benzene rings is 2. The van der Waals surface area contributed by atoms with E-state index in [4.69, 9.17) is 0 Å². The Morgan fingerprint density at radius 3 is 2.46 bits per heavy atom. The van der Waals surface area contributed by atoms with E-state index in [1.807, 2.05) is 0 Å². The van der Waals surface area contributed by atoms with Gasteiger partial charge < -0.3 is 0 Å². The molecule has 0 bridgehead atoms. The summed E-state index contributed by atoms with van der Waals surface area (Å²) >= 11 is 0. The van der Waals surface area contributed by atoms with Crippen LogP contribution in [0.25, 0.3) is 5.57 Å². The van der Waals surface area contributed by atoms with Crippen LogP contribution >= 0.6 is 0 Å². The summed E-state index contributed by atoms with van der Waals surface area (Å²) in [5, 5.41) is 0. The monoisotopic (exact) mass is 359 g/mol. The van der Waals surface area contributed by atoms with Crippen molar-refractivity contribution in [2.75, 3.05) is 19.6 Å². The summed E-state index contributed by atoms with van der Waals surface area (Å²) in [5.41, 5.74) is 5.08. The SMILES string of the molecule is Cc1ccc(CCN2CC=C(c3cccc(C(F)(F)F)c3)CC2)cc1C. The third kappa shape index (κ3) is 4.55. The Morgan fingerprint density at radius 2 is 1.81 bits per heavy atom. The molecule has 138 valence electrons. The van der Waals surface area contributed by atoms with Crippen molar-refractivity contribution in [1.29, 1.82) is 0 Å². The minimum Gasteiger partial charge on any atom is -0.299 e. The second-order valence-electron chi connectivity index (χ2n) is 7.03. The van der Waals surface area contributed by atoms with Crippen molar-refractivity contribution in [2.45, 2.75) is 32.9 Å². The molecule has 0 aliphatic carbocycles. The molecule has 0 atom stereocenters. The average molecular weight is 359 g/mol. The van der Waals surface area contributed by atoms with Crippen molar-refractivity contribution < 1.29 is 13.2 Å². The molecule has 4 heteroatoms. The van der Waals surface area contributed by atoms with Crippen molar-refractivity contribution in [1.82, 2.24) is 4.90 Å². The van der Waals surface area contributed by atoms with E-state index in [0.29, 0.717) is 5.56 Å². The molecule has 26 heavy (non-hydrogen) atoms. The van der Waals surface area contributed by atoms with E-state index in [1.54, 1.807) is 6.07 Å². The van der Waals surface area contributed by atoms with E-state index in [-0.39, 0.29) is 0 Å². The number of nitrogens with zero attached hydrogens (tertiary/aromatic N) is 1. The molecule has 0 spiro atoms. The van der Waals surface area contributed by atoms with E-state index in [0.717, 1.165) is 44.1 Å². The Balaban J connectivity index is 1.60. The Bertz CT molecular complexity index is 805. The summed E-state index contributed by atoms with van der Waals surface area (Å²) in [7, 11) is 0. The first-order chi connectivity index (χ1) is 12.3. The summed E-state index contributed by atoms with van der Waals surface area (Å²) in [6.07, 6.45) is -0.440. The van der Waals surface area contributed by atoms with Gasteiger partial charge >= 0.3 is 6.18 Å². The molecule has 0 saturated heterocycles. The molecular weight excluding hydrogens is 335 g/mol. The first kappa shape index (κ1) is 18.7. The van der Waals surface area contributed by atoms with Gasteiger partial charge in [-0.25, -0.2) is 0 Å². The molecule has 2 aromatic rings. The highest BCUT2D eigenvalue weighted by molar-refractivity contribution is 5.67. The molecule has 2 aromatic carbocycles. The molecule has 0 radical (unpaired) electrons. The van der Waals surface area contributed by atoms with Crippen LogP contribution in [0.4, 0.5) is 13.2 Å². The number of halogens is 3. The van der Waals surface area contributed by atoms with Gasteiger partial charge in [-0.2, -0.15) is 13.2 Å². The summed E-state index contributed by atoms with van der Waals surface area (Å²) < 4.78 is 38.7. The second-order valence-corrected chi connectivity index (χ2v) is 7.03. The van der Waals surface area contributed by atoms with Crippen LogP contribution in [0.1, 0.15) is 34.2 Å². The van der Waals surface area contributed by atoms with Crippen molar-refractivity contribution >= 4 is 5.57 Å². The summed E-state index contributed by atoms with van der Waals surface area (Å²) in [6, 6.07) is 12.2. The quantitative estimate of drug-likeness (QED) is 0.681. The molecule has 0 saturated carbocycles. The van der Waals surface area contributed by atoms with Crippen molar-refractivity contribution in [3.63, 3.8) is 0 Å². The minimum atomic E-state index is -4.29. The van der Waals surface area contributed by atoms with Crippen molar-refractivity contribution in [2.24, 2.45) is 0 Å². The van der Waals surface area contributed by atoms with Gasteiger partial charge in [0.05, 0.1) is 5.56 Å². The number of hydrogen-bond acceptors (Lipinski definition) is 1. The van der Waals surface area contributed by atoms with Crippen molar-refractivity contribution in [3.05, 3.63) is 76.4 Å². The van der Waals surface area contributed by atoms with E-state index in [9.17, 15) is 13.2 Å². The Kier molecular flexibility index (Phi) is 5.52. The van der Waals surface area contributed by atoms with Crippen molar-refractivity contribution in [3.8, 4) is 0 Å². The predicted octanol–water partition coefficient (Wildman–Crippen LogP) is 5.65. The molecule has 0 fully saturated rings. The Hall–Kier alpha value is -2.07. The molecule has 3 rings (SSSR count). The molecule has 0 unspecified atom stereocenters. The fourth-order valence-corrected chi connectivity index (χ4v) is 3.32. The van der Waals surface area contributed by atoms with Gasteiger partial charge in [0.2, 0.25) is 0 Å². The first-order valence-corrected chi connectivity index (χ1v) is 8.98. The largest absolute Gasteiger partial charge is 0.416 e. The maximum absolute atomic E-state index is 12.9. The highest BCUT2D eigenvalue weighted by Crippen LogP contribution is 2.32. The highest BCUT2D eigenvalue weighted by Gasteiger charge is 2.30. The predicted molar refractivity (Wildman–Crippen MR) is 100 cm³/mol. The zero-order chi connectivity index (χ0) is 18.7. The molecule has 0 N–H and O–H groups in total. The van der Waals surface area contributed by atoms with Crippen LogP contribution in [0.15, 0.2) is 48.5 Å².